The number of hydrogen-bond donors (Lipinski definition) is 1. The predicted octanol–water partition coefficient (Wildman–Crippen LogP) is 13.2. The summed E-state index contributed by atoms with van der Waals surface area (Å²) < 4.78 is 17.9. The van der Waals surface area contributed by atoms with Gasteiger partial charge < -0.3 is 24.1 Å². The Kier molecular flexibility index (Phi) is 12.3. The van der Waals surface area contributed by atoms with Gasteiger partial charge in [-0.25, -0.2) is 4.98 Å². The normalized spacial score (nSPS) is 39.9. The summed E-state index contributed by atoms with van der Waals surface area (Å²) in [5, 5.41) is 0. The lowest BCUT2D eigenvalue weighted by Gasteiger charge is -2.73. The van der Waals surface area contributed by atoms with Crippen molar-refractivity contribution in [2.75, 3.05) is 13.7 Å². The first-order chi connectivity index (χ1) is 32.9. The molecule has 1 aromatic heterocycles. The van der Waals surface area contributed by atoms with Gasteiger partial charge in [-0.15, -0.1) is 0 Å². The van der Waals surface area contributed by atoms with Crippen LogP contribution in [0.15, 0.2) is 60.8 Å². The molecule has 6 saturated carbocycles. The number of ether oxygens (including phenoxy) is 3. The van der Waals surface area contributed by atoms with Gasteiger partial charge in [0.2, 0.25) is 5.91 Å². The van der Waals surface area contributed by atoms with Crippen molar-refractivity contribution in [3.8, 4) is 17.0 Å². The standard InChI is InChI=1S/C60H83N3O6/c1-11-56(6)43(52(64)68-36-38-16-13-12-14-17-38)34-44(56)53(65)69-49-27-28-57(7)47(55(49,4)5)26-29-59(9)48(57)24-23-42-50-41(37(2)3)25-30-60(50,32-31-58(42,59)8)54(66)63-33-15-18-46(63)51-61-35-45(62-51)39-19-21-40(67-10)22-20-39/h12-14,16-17,19-22,35,37,41-44,46-50H,11,15,18,23-34,36H2,1-10H3,(H,61,62). The number of carbonyl (C=O) groups is 3. The Morgan fingerprint density at radius 2 is 1.54 bits per heavy atom. The fourth-order valence-corrected chi connectivity index (χ4v) is 18.1. The molecule has 10 rings (SSSR count). The molecule has 7 fully saturated rings. The van der Waals surface area contributed by atoms with Gasteiger partial charge in [-0.1, -0.05) is 92.6 Å². The first kappa shape index (κ1) is 48.5. The zero-order valence-electron chi connectivity index (χ0n) is 43.7. The van der Waals surface area contributed by atoms with E-state index in [2.05, 4.69) is 84.3 Å². The second-order valence-electron chi connectivity index (χ2n) is 25.4. The molecular weight excluding hydrogens is 859 g/mol. The first-order valence-electron chi connectivity index (χ1n) is 27.3. The molecule has 374 valence electrons. The Labute approximate surface area is 413 Å². The van der Waals surface area contributed by atoms with E-state index in [0.29, 0.717) is 47.8 Å². The van der Waals surface area contributed by atoms with Crippen molar-refractivity contribution in [2.45, 2.75) is 171 Å². The molecule has 7 aliphatic rings. The van der Waals surface area contributed by atoms with Crippen LogP contribution in [0.5, 0.6) is 5.75 Å². The Morgan fingerprint density at radius 3 is 2.25 bits per heavy atom. The molecule has 0 bridgehead atoms. The minimum absolute atomic E-state index is 0.0251. The lowest BCUT2D eigenvalue weighted by molar-refractivity contribution is -0.253. The number of likely N-dealkylation sites (tertiary alicyclic amines) is 1. The van der Waals surface area contributed by atoms with E-state index in [4.69, 9.17) is 19.2 Å². The number of amides is 1. The van der Waals surface area contributed by atoms with E-state index in [1.54, 1.807) is 7.11 Å². The maximum Gasteiger partial charge on any atom is 0.309 e. The molecule has 1 saturated heterocycles. The molecule has 3 aromatic rings. The van der Waals surface area contributed by atoms with Crippen LogP contribution in [0.3, 0.4) is 0 Å². The zero-order valence-corrected chi connectivity index (χ0v) is 43.7. The van der Waals surface area contributed by atoms with Crippen molar-refractivity contribution >= 4 is 17.8 Å². The number of rotatable bonds is 11. The van der Waals surface area contributed by atoms with Crippen LogP contribution in [0.2, 0.25) is 0 Å². The van der Waals surface area contributed by atoms with Crippen LogP contribution in [0, 0.1) is 79.8 Å². The van der Waals surface area contributed by atoms with Crippen molar-refractivity contribution < 1.29 is 28.6 Å². The van der Waals surface area contributed by atoms with E-state index in [0.717, 1.165) is 99.1 Å². The van der Waals surface area contributed by atoms with Crippen LogP contribution in [0.25, 0.3) is 11.3 Å². The summed E-state index contributed by atoms with van der Waals surface area (Å²) in [6, 6.07) is 17.9. The molecule has 1 amide bonds. The zero-order chi connectivity index (χ0) is 48.9. The number of benzene rings is 2. The molecule has 0 spiro atoms. The minimum Gasteiger partial charge on any atom is -0.497 e. The molecule has 6 aliphatic carbocycles. The summed E-state index contributed by atoms with van der Waals surface area (Å²) in [5.74, 6) is 4.20. The van der Waals surface area contributed by atoms with Gasteiger partial charge in [0.1, 0.15) is 24.3 Å². The number of methoxy groups -OCH3 is 1. The smallest absolute Gasteiger partial charge is 0.309 e. The highest BCUT2D eigenvalue weighted by Crippen LogP contribution is 2.78. The number of fused-ring (bicyclic) bond motifs is 7. The Hall–Kier alpha value is -4.14. The average Bonchev–Trinajstić information content (AvgIpc) is 4.12. The summed E-state index contributed by atoms with van der Waals surface area (Å²) >= 11 is 0. The van der Waals surface area contributed by atoms with Crippen molar-refractivity contribution in [2.24, 2.45) is 79.8 Å². The summed E-state index contributed by atoms with van der Waals surface area (Å²) in [4.78, 5) is 54.3. The van der Waals surface area contributed by atoms with E-state index in [9.17, 15) is 9.59 Å². The third-order valence-corrected chi connectivity index (χ3v) is 22.4. The molecule has 14 unspecified atom stereocenters. The van der Waals surface area contributed by atoms with Crippen molar-refractivity contribution in [1.29, 1.82) is 0 Å². The number of aromatic amines is 1. The SMILES string of the molecule is CCC1(C)C(C(=O)OCc2ccccc2)CC1C(=O)OC1CCC2(C)C(CCC3(C)C2CCC2C4C(C(C)C)CCC4(C(=O)N4CCCC4c4ncc(-c5ccc(OC)cc5)[nH]4)CCC23C)C1(C)C. The van der Waals surface area contributed by atoms with Gasteiger partial charge in [0.25, 0.3) is 0 Å². The average molecular weight is 942 g/mol. The van der Waals surface area contributed by atoms with Crippen LogP contribution >= 0.6 is 0 Å². The highest BCUT2D eigenvalue weighted by atomic mass is 16.5. The molecule has 9 heteroatoms. The van der Waals surface area contributed by atoms with Crippen molar-refractivity contribution in [3.05, 3.63) is 72.2 Å². The highest BCUT2D eigenvalue weighted by Gasteiger charge is 2.73. The lowest BCUT2D eigenvalue weighted by Crippen LogP contribution is -2.67. The maximum absolute atomic E-state index is 15.7. The summed E-state index contributed by atoms with van der Waals surface area (Å²) in [7, 11) is 1.69. The first-order valence-corrected chi connectivity index (χ1v) is 27.3. The third-order valence-electron chi connectivity index (χ3n) is 22.4. The fraction of sp³-hybridized carbons (Fsp3) is 0.700. The fourth-order valence-electron chi connectivity index (χ4n) is 18.1. The third kappa shape index (κ3) is 7.39. The predicted molar refractivity (Wildman–Crippen MR) is 269 cm³/mol. The van der Waals surface area contributed by atoms with Crippen LogP contribution in [-0.2, 0) is 30.5 Å². The van der Waals surface area contributed by atoms with Crippen molar-refractivity contribution in [3.63, 3.8) is 0 Å². The molecule has 14 atom stereocenters. The van der Waals surface area contributed by atoms with E-state index < -0.39 is 5.41 Å². The van der Waals surface area contributed by atoms with Crippen LogP contribution in [-0.4, -0.2) is 52.5 Å². The summed E-state index contributed by atoms with van der Waals surface area (Å²) in [6.45, 7) is 22.9. The van der Waals surface area contributed by atoms with E-state index in [1.165, 1.54) is 19.3 Å². The molecule has 1 aliphatic heterocycles. The monoisotopic (exact) mass is 942 g/mol. The molecule has 0 radical (unpaired) electrons. The van der Waals surface area contributed by atoms with Gasteiger partial charge in [0.05, 0.1) is 42.3 Å². The highest BCUT2D eigenvalue weighted by molar-refractivity contribution is 5.85. The quantitative estimate of drug-likeness (QED) is 0.191. The number of imidazole rings is 1. The number of hydrogen-bond acceptors (Lipinski definition) is 7. The summed E-state index contributed by atoms with van der Waals surface area (Å²) in [5.41, 5.74) is 2.45. The summed E-state index contributed by atoms with van der Waals surface area (Å²) in [6.07, 6.45) is 15.9. The molecule has 69 heavy (non-hydrogen) atoms. The minimum atomic E-state index is -0.479. The number of esters is 2. The van der Waals surface area contributed by atoms with Gasteiger partial charge >= 0.3 is 11.9 Å². The van der Waals surface area contributed by atoms with Gasteiger partial charge in [-0.05, 0) is 182 Å². The van der Waals surface area contributed by atoms with Crippen LogP contribution in [0.1, 0.15) is 170 Å². The number of carbonyl (C=O) groups excluding carboxylic acids is 3. The topological polar surface area (TPSA) is 111 Å². The Bertz CT molecular complexity index is 2390. The molecule has 2 heterocycles. The van der Waals surface area contributed by atoms with Gasteiger partial charge in [-0.2, -0.15) is 0 Å². The number of nitrogens with zero attached hydrogens (tertiary/aromatic N) is 2. The Balaban J connectivity index is 0.848. The van der Waals surface area contributed by atoms with E-state index in [1.807, 2.05) is 48.7 Å². The largest absolute Gasteiger partial charge is 0.497 e. The number of H-pyrrole nitrogens is 1. The van der Waals surface area contributed by atoms with Crippen LogP contribution in [0.4, 0.5) is 0 Å². The molecule has 9 nitrogen and oxygen atoms in total. The van der Waals surface area contributed by atoms with E-state index >= 15 is 4.79 Å². The molecule has 1 N–H and O–H groups in total. The van der Waals surface area contributed by atoms with Gasteiger partial charge in [0, 0.05) is 12.0 Å². The number of nitrogens with one attached hydrogen (secondary N) is 1. The Morgan fingerprint density at radius 1 is 0.797 bits per heavy atom. The van der Waals surface area contributed by atoms with Gasteiger partial charge in [-0.3, -0.25) is 14.4 Å². The van der Waals surface area contributed by atoms with Crippen LogP contribution < -0.4 is 4.74 Å². The maximum atomic E-state index is 15.7. The molecule has 2 aromatic carbocycles. The lowest BCUT2D eigenvalue weighted by atomic mass is 9.32. The van der Waals surface area contributed by atoms with E-state index in [-0.39, 0.29) is 69.6 Å². The number of aromatic nitrogens is 2. The second kappa shape index (κ2) is 17.6. The van der Waals surface area contributed by atoms with Crippen molar-refractivity contribution in [1.82, 2.24) is 14.9 Å². The van der Waals surface area contributed by atoms with Gasteiger partial charge in [0.15, 0.2) is 0 Å². The molecular formula is C60H83N3O6. The second-order valence-corrected chi connectivity index (χ2v) is 25.4.